The quantitative estimate of drug-likeness (QED) is 0.691. The maximum atomic E-state index is 12.2. The van der Waals surface area contributed by atoms with Gasteiger partial charge in [-0.3, -0.25) is 14.2 Å². The third-order valence-corrected chi connectivity index (χ3v) is 3.99. The van der Waals surface area contributed by atoms with Crippen molar-refractivity contribution in [2.75, 3.05) is 5.32 Å². The van der Waals surface area contributed by atoms with Crippen molar-refractivity contribution in [3.63, 3.8) is 0 Å². The molecule has 8 nitrogen and oxygen atoms in total. The highest BCUT2D eigenvalue weighted by atomic mass is 35.5. The number of aromatic nitrogens is 4. The van der Waals surface area contributed by atoms with Gasteiger partial charge in [-0.1, -0.05) is 23.7 Å². The minimum atomic E-state index is -1.03. The Morgan fingerprint density at radius 2 is 1.88 bits per heavy atom. The van der Waals surface area contributed by atoms with E-state index in [2.05, 4.69) is 15.5 Å². The smallest absolute Gasteiger partial charge is 0.328 e. The molecule has 3 rings (SSSR count). The molecule has 0 aliphatic carbocycles. The number of hydrogen-bond acceptors (Lipinski definition) is 4. The van der Waals surface area contributed by atoms with Gasteiger partial charge >= 0.3 is 5.97 Å². The fraction of sp³-hybridized carbons (Fsp3) is 0.176. The van der Waals surface area contributed by atoms with E-state index in [0.29, 0.717) is 17.4 Å². The highest BCUT2D eigenvalue weighted by molar-refractivity contribution is 6.30. The molecular formula is C17H16ClN5O3. The largest absolute Gasteiger partial charge is 0.480 e. The van der Waals surface area contributed by atoms with E-state index in [9.17, 15) is 9.59 Å². The molecule has 0 saturated carbocycles. The van der Waals surface area contributed by atoms with E-state index < -0.39 is 17.9 Å². The number of nitrogens with one attached hydrogen (secondary N) is 1. The Morgan fingerprint density at radius 3 is 2.58 bits per heavy atom. The molecule has 0 aliphatic rings. The molecule has 0 radical (unpaired) electrons. The van der Waals surface area contributed by atoms with Crippen LogP contribution in [0.15, 0.2) is 48.8 Å². The molecule has 26 heavy (non-hydrogen) atoms. The first kappa shape index (κ1) is 17.7. The van der Waals surface area contributed by atoms with Gasteiger partial charge in [0.05, 0.1) is 6.54 Å². The minimum Gasteiger partial charge on any atom is -0.480 e. The number of nitrogens with zero attached hydrogens (tertiary/aromatic N) is 4. The number of halogens is 1. The van der Waals surface area contributed by atoms with Crippen molar-refractivity contribution in [2.45, 2.75) is 19.5 Å². The molecule has 0 bridgehead atoms. The number of aliphatic carboxylic acids is 1. The first-order valence-electron chi connectivity index (χ1n) is 7.79. The summed E-state index contributed by atoms with van der Waals surface area (Å²) in [6.45, 7) is 2.02. The van der Waals surface area contributed by atoms with Gasteiger partial charge in [0.25, 0.3) is 5.91 Å². The molecule has 0 fully saturated rings. The van der Waals surface area contributed by atoms with Gasteiger partial charge in [0.1, 0.15) is 6.04 Å². The van der Waals surface area contributed by atoms with Crippen molar-refractivity contribution < 1.29 is 14.7 Å². The molecule has 9 heteroatoms. The Bertz CT molecular complexity index is 932. The molecule has 0 saturated heterocycles. The molecule has 1 atom stereocenters. The standard InChI is InChI=1S/C17H16ClN5O3/c1-11(17(25)26)23-9-6-14(20-23)16(24)19-15-7-8-22(21-15)10-12-2-4-13(18)5-3-12/h2-9,11H,10H2,1H3,(H,25,26)(H,19,21,24). The fourth-order valence-electron chi connectivity index (χ4n) is 2.26. The third-order valence-electron chi connectivity index (χ3n) is 3.74. The van der Waals surface area contributed by atoms with Gasteiger partial charge in [-0.25, -0.2) is 4.79 Å². The molecule has 2 heterocycles. The lowest BCUT2D eigenvalue weighted by atomic mass is 10.2. The fourth-order valence-corrected chi connectivity index (χ4v) is 2.39. The number of amides is 1. The molecule has 3 aromatic rings. The maximum absolute atomic E-state index is 12.2. The first-order valence-corrected chi connectivity index (χ1v) is 8.17. The number of carbonyl (C=O) groups is 2. The molecule has 2 aromatic heterocycles. The second kappa shape index (κ2) is 7.40. The monoisotopic (exact) mass is 373 g/mol. The van der Waals surface area contributed by atoms with Crippen LogP contribution in [-0.2, 0) is 11.3 Å². The second-order valence-electron chi connectivity index (χ2n) is 5.67. The number of carboxylic acids is 1. The Balaban J connectivity index is 1.64. The summed E-state index contributed by atoms with van der Waals surface area (Å²) in [5.74, 6) is -1.11. The van der Waals surface area contributed by atoms with Gasteiger partial charge in [0, 0.05) is 23.5 Å². The molecule has 0 aliphatic heterocycles. The van der Waals surface area contributed by atoms with Crippen LogP contribution in [0.3, 0.4) is 0 Å². The summed E-state index contributed by atoms with van der Waals surface area (Å²) in [4.78, 5) is 23.2. The third kappa shape index (κ3) is 4.09. The lowest BCUT2D eigenvalue weighted by Crippen LogP contribution is -2.18. The Hall–Kier alpha value is -3.13. The van der Waals surface area contributed by atoms with Crippen molar-refractivity contribution in [1.82, 2.24) is 19.6 Å². The van der Waals surface area contributed by atoms with Gasteiger partial charge < -0.3 is 10.4 Å². The number of carbonyl (C=O) groups excluding carboxylic acids is 1. The van der Waals surface area contributed by atoms with Crippen LogP contribution in [0, 0.1) is 0 Å². The van der Waals surface area contributed by atoms with Gasteiger partial charge in [0.15, 0.2) is 11.5 Å². The van der Waals surface area contributed by atoms with Gasteiger partial charge in [-0.15, -0.1) is 0 Å². The molecule has 1 amide bonds. The second-order valence-corrected chi connectivity index (χ2v) is 6.11. The van der Waals surface area contributed by atoms with Crippen LogP contribution in [-0.4, -0.2) is 36.5 Å². The predicted molar refractivity (Wildman–Crippen MR) is 95.3 cm³/mol. The summed E-state index contributed by atoms with van der Waals surface area (Å²) >= 11 is 5.86. The van der Waals surface area contributed by atoms with Crippen molar-refractivity contribution in [1.29, 1.82) is 0 Å². The van der Waals surface area contributed by atoms with Gasteiger partial charge in [0.2, 0.25) is 0 Å². The Labute approximate surface area is 154 Å². The first-order chi connectivity index (χ1) is 12.4. The van der Waals surface area contributed by atoms with E-state index >= 15 is 0 Å². The Kier molecular flexibility index (Phi) is 5.04. The van der Waals surface area contributed by atoms with Crippen molar-refractivity contribution in [2.24, 2.45) is 0 Å². The molecule has 0 spiro atoms. The average molecular weight is 374 g/mol. The Morgan fingerprint density at radius 1 is 1.15 bits per heavy atom. The van der Waals surface area contributed by atoms with Gasteiger partial charge in [-0.2, -0.15) is 10.2 Å². The summed E-state index contributed by atoms with van der Waals surface area (Å²) in [6, 6.07) is 9.69. The zero-order valence-electron chi connectivity index (χ0n) is 13.8. The van der Waals surface area contributed by atoms with Crippen LogP contribution in [0.5, 0.6) is 0 Å². The molecular weight excluding hydrogens is 358 g/mol. The topological polar surface area (TPSA) is 102 Å². The predicted octanol–water partition coefficient (Wildman–Crippen LogP) is 2.68. The lowest BCUT2D eigenvalue weighted by Gasteiger charge is -2.05. The van der Waals surface area contributed by atoms with Crippen molar-refractivity contribution in [3.05, 3.63) is 65.1 Å². The van der Waals surface area contributed by atoms with Crippen LogP contribution in [0.1, 0.15) is 29.0 Å². The summed E-state index contributed by atoms with van der Waals surface area (Å²) in [5, 5.41) is 20.6. The van der Waals surface area contributed by atoms with Crippen LogP contribution < -0.4 is 5.32 Å². The highest BCUT2D eigenvalue weighted by Crippen LogP contribution is 2.12. The van der Waals surface area contributed by atoms with Crippen LogP contribution in [0.25, 0.3) is 0 Å². The number of benzene rings is 1. The summed E-state index contributed by atoms with van der Waals surface area (Å²) < 4.78 is 2.90. The van der Waals surface area contributed by atoms with E-state index in [4.69, 9.17) is 16.7 Å². The number of rotatable bonds is 6. The van der Waals surface area contributed by atoms with E-state index in [0.717, 1.165) is 5.56 Å². The van der Waals surface area contributed by atoms with Crippen LogP contribution in [0.2, 0.25) is 5.02 Å². The maximum Gasteiger partial charge on any atom is 0.328 e. The average Bonchev–Trinajstić information content (AvgIpc) is 3.26. The van der Waals surface area contributed by atoms with Crippen LogP contribution in [0.4, 0.5) is 5.82 Å². The molecule has 1 unspecified atom stereocenters. The highest BCUT2D eigenvalue weighted by Gasteiger charge is 2.17. The summed E-state index contributed by atoms with van der Waals surface area (Å²) in [7, 11) is 0. The minimum absolute atomic E-state index is 0.116. The van der Waals surface area contributed by atoms with Gasteiger partial charge in [-0.05, 0) is 30.7 Å². The van der Waals surface area contributed by atoms with E-state index in [1.165, 1.54) is 23.9 Å². The number of carboxylic acid groups (broad SMARTS) is 1. The normalized spacial score (nSPS) is 11.9. The lowest BCUT2D eigenvalue weighted by molar-refractivity contribution is -0.140. The number of anilines is 1. The molecule has 134 valence electrons. The molecule has 2 N–H and O–H groups in total. The number of hydrogen-bond donors (Lipinski definition) is 2. The summed E-state index contributed by atoms with van der Waals surface area (Å²) in [5.41, 5.74) is 1.14. The van der Waals surface area contributed by atoms with E-state index in [1.54, 1.807) is 29.1 Å². The summed E-state index contributed by atoms with van der Waals surface area (Å²) in [6.07, 6.45) is 3.20. The van der Waals surface area contributed by atoms with Crippen LogP contribution >= 0.6 is 11.6 Å². The zero-order chi connectivity index (χ0) is 18.7. The molecule has 1 aromatic carbocycles. The van der Waals surface area contributed by atoms with E-state index in [1.807, 2.05) is 12.1 Å². The SMILES string of the molecule is CC(C(=O)O)n1ccc(C(=O)Nc2ccn(Cc3ccc(Cl)cc3)n2)n1. The van der Waals surface area contributed by atoms with E-state index in [-0.39, 0.29) is 5.69 Å². The van der Waals surface area contributed by atoms with Crippen molar-refractivity contribution >= 4 is 29.3 Å². The van der Waals surface area contributed by atoms with Crippen molar-refractivity contribution in [3.8, 4) is 0 Å². The zero-order valence-corrected chi connectivity index (χ0v) is 14.6.